The Labute approximate surface area is 178 Å². The molecule has 0 spiro atoms. The number of hydrogen-bond acceptors (Lipinski definition) is 8. The second kappa shape index (κ2) is 8.36. The van der Waals surface area contributed by atoms with E-state index < -0.39 is 5.97 Å². The van der Waals surface area contributed by atoms with Gasteiger partial charge >= 0.3 is 5.97 Å². The molecule has 0 unspecified atom stereocenters. The lowest BCUT2D eigenvalue weighted by molar-refractivity contribution is -0.113. The molecule has 1 N–H and O–H groups in total. The van der Waals surface area contributed by atoms with Gasteiger partial charge in [-0.05, 0) is 17.5 Å². The third-order valence-electron chi connectivity index (χ3n) is 4.21. The third-order valence-corrected chi connectivity index (χ3v) is 7.03. The molecule has 4 rings (SSSR count). The maximum Gasteiger partial charge on any atom is 0.340 e. The summed E-state index contributed by atoms with van der Waals surface area (Å²) in [6.45, 7) is 0. The zero-order valence-electron chi connectivity index (χ0n) is 15.5. The molecule has 0 radical (unpaired) electrons. The minimum atomic E-state index is -0.477. The number of methoxy groups -OCH3 is 1. The van der Waals surface area contributed by atoms with Gasteiger partial charge in [0.1, 0.15) is 5.00 Å². The third kappa shape index (κ3) is 3.91. The number of nitrogens with zero attached hydrogens (tertiary/aromatic N) is 3. The van der Waals surface area contributed by atoms with Crippen molar-refractivity contribution in [2.75, 3.05) is 18.2 Å². The second-order valence-corrected chi connectivity index (χ2v) is 8.77. The minimum Gasteiger partial charge on any atom is -0.465 e. The summed E-state index contributed by atoms with van der Waals surface area (Å²) in [5.41, 5.74) is 1.37. The fourth-order valence-electron chi connectivity index (χ4n) is 2.80. The lowest BCUT2D eigenvalue weighted by atomic mass is 10.2. The van der Waals surface area contributed by atoms with E-state index in [4.69, 9.17) is 4.74 Å². The smallest absolute Gasteiger partial charge is 0.340 e. The van der Waals surface area contributed by atoms with Gasteiger partial charge in [0.05, 0.1) is 18.4 Å². The minimum absolute atomic E-state index is 0.148. The van der Waals surface area contributed by atoms with E-state index in [9.17, 15) is 9.59 Å². The molecular formula is C19H16N4O3S3. The molecule has 29 heavy (non-hydrogen) atoms. The van der Waals surface area contributed by atoms with Gasteiger partial charge in [-0.1, -0.05) is 30.0 Å². The van der Waals surface area contributed by atoms with Crippen molar-refractivity contribution in [1.82, 2.24) is 14.8 Å². The van der Waals surface area contributed by atoms with Crippen LogP contribution in [0.15, 0.2) is 46.2 Å². The first-order chi connectivity index (χ1) is 14.1. The van der Waals surface area contributed by atoms with Gasteiger partial charge in [-0.2, -0.15) is 0 Å². The summed E-state index contributed by atoms with van der Waals surface area (Å²) in [4.78, 5) is 24.1. The average Bonchev–Trinajstić information content (AvgIpc) is 3.44. The van der Waals surface area contributed by atoms with Crippen LogP contribution in [0.25, 0.3) is 21.5 Å². The Hall–Kier alpha value is -2.69. The SMILES string of the molecule is COC(=O)c1ccsc1NC(=O)CSc1nnc(-c2csc3ccccc23)n1C. The van der Waals surface area contributed by atoms with Crippen LogP contribution in [0.2, 0.25) is 0 Å². The van der Waals surface area contributed by atoms with Crippen LogP contribution in [0.1, 0.15) is 10.4 Å². The highest BCUT2D eigenvalue weighted by Crippen LogP contribution is 2.34. The summed E-state index contributed by atoms with van der Waals surface area (Å²) in [5.74, 6) is 0.203. The lowest BCUT2D eigenvalue weighted by Crippen LogP contribution is -2.16. The molecule has 1 aromatic carbocycles. The number of fused-ring (bicyclic) bond motifs is 1. The molecule has 148 valence electrons. The van der Waals surface area contributed by atoms with Crippen molar-refractivity contribution in [2.45, 2.75) is 5.16 Å². The normalized spacial score (nSPS) is 11.0. The van der Waals surface area contributed by atoms with E-state index in [1.165, 1.54) is 34.9 Å². The first kappa shape index (κ1) is 19.6. The predicted molar refractivity (Wildman–Crippen MR) is 117 cm³/mol. The van der Waals surface area contributed by atoms with Crippen molar-refractivity contribution < 1.29 is 14.3 Å². The highest BCUT2D eigenvalue weighted by atomic mass is 32.2. The molecule has 7 nitrogen and oxygen atoms in total. The monoisotopic (exact) mass is 444 g/mol. The number of carbonyl (C=O) groups is 2. The summed E-state index contributed by atoms with van der Waals surface area (Å²) in [7, 11) is 3.19. The number of carbonyl (C=O) groups excluding carboxylic acids is 2. The molecule has 1 amide bonds. The molecule has 0 fully saturated rings. The number of benzene rings is 1. The van der Waals surface area contributed by atoms with Crippen molar-refractivity contribution in [2.24, 2.45) is 7.05 Å². The van der Waals surface area contributed by atoms with Gasteiger partial charge in [0, 0.05) is 28.1 Å². The molecule has 0 aliphatic rings. The highest BCUT2D eigenvalue weighted by Gasteiger charge is 2.18. The molecule has 0 aliphatic carbocycles. The van der Waals surface area contributed by atoms with Gasteiger partial charge in [-0.3, -0.25) is 4.79 Å². The van der Waals surface area contributed by atoms with E-state index in [0.717, 1.165) is 16.8 Å². The van der Waals surface area contributed by atoms with Crippen molar-refractivity contribution in [3.8, 4) is 11.4 Å². The van der Waals surface area contributed by atoms with Gasteiger partial charge in [-0.15, -0.1) is 32.9 Å². The summed E-state index contributed by atoms with van der Waals surface area (Å²) < 4.78 is 7.80. The fourth-order valence-corrected chi connectivity index (χ4v) is 5.24. The van der Waals surface area contributed by atoms with Gasteiger partial charge in [0.15, 0.2) is 11.0 Å². The Balaban J connectivity index is 1.45. The van der Waals surface area contributed by atoms with Crippen LogP contribution in [-0.2, 0) is 16.6 Å². The number of amides is 1. The van der Waals surface area contributed by atoms with Crippen LogP contribution >= 0.6 is 34.4 Å². The number of esters is 1. The number of aromatic nitrogens is 3. The van der Waals surface area contributed by atoms with Crippen LogP contribution in [0.5, 0.6) is 0 Å². The van der Waals surface area contributed by atoms with E-state index in [0.29, 0.717) is 15.7 Å². The van der Waals surface area contributed by atoms with Gasteiger partial charge in [0.25, 0.3) is 0 Å². The quantitative estimate of drug-likeness (QED) is 0.353. The topological polar surface area (TPSA) is 86.1 Å². The first-order valence-electron chi connectivity index (χ1n) is 8.53. The Morgan fingerprint density at radius 2 is 2.03 bits per heavy atom. The van der Waals surface area contributed by atoms with Crippen LogP contribution in [0, 0.1) is 0 Å². The van der Waals surface area contributed by atoms with Crippen LogP contribution in [0.3, 0.4) is 0 Å². The first-order valence-corrected chi connectivity index (χ1v) is 11.3. The molecule has 0 aliphatic heterocycles. The molecular weight excluding hydrogens is 428 g/mol. The number of hydrogen-bond donors (Lipinski definition) is 1. The molecule has 0 bridgehead atoms. The van der Waals surface area contributed by atoms with Crippen LogP contribution in [-0.4, -0.2) is 39.5 Å². The van der Waals surface area contributed by atoms with Crippen molar-refractivity contribution in [3.05, 3.63) is 46.7 Å². The number of thioether (sulfide) groups is 1. The summed E-state index contributed by atoms with van der Waals surface area (Å²) in [6.07, 6.45) is 0. The summed E-state index contributed by atoms with van der Waals surface area (Å²) in [6, 6.07) is 9.78. The standard InChI is InChI=1S/C19H16N4O3S3/c1-23-16(13-9-28-14-6-4-3-5-11(13)14)21-22-19(23)29-10-15(24)20-17-12(7-8-27-17)18(25)26-2/h3-9H,10H2,1-2H3,(H,20,24). The highest BCUT2D eigenvalue weighted by molar-refractivity contribution is 7.99. The summed E-state index contributed by atoms with van der Waals surface area (Å²) >= 11 is 4.23. The molecule has 3 heterocycles. The number of thiophene rings is 2. The predicted octanol–water partition coefficient (Wildman–Crippen LogP) is 4.28. The van der Waals surface area contributed by atoms with E-state index in [1.807, 2.05) is 23.7 Å². The number of rotatable bonds is 6. The molecule has 0 atom stereocenters. The number of anilines is 1. The number of ether oxygens (including phenoxy) is 1. The van der Waals surface area contributed by atoms with Crippen molar-refractivity contribution in [1.29, 1.82) is 0 Å². The van der Waals surface area contributed by atoms with E-state index >= 15 is 0 Å². The second-order valence-electron chi connectivity index (χ2n) is 6.00. The maximum absolute atomic E-state index is 12.3. The average molecular weight is 445 g/mol. The van der Waals surface area contributed by atoms with Gasteiger partial charge in [-0.25, -0.2) is 4.79 Å². The van der Waals surface area contributed by atoms with Gasteiger partial charge in [0.2, 0.25) is 5.91 Å². The zero-order chi connectivity index (χ0) is 20.4. The Kier molecular flexibility index (Phi) is 5.65. The van der Waals surface area contributed by atoms with E-state index in [1.54, 1.807) is 22.8 Å². The molecule has 4 aromatic rings. The van der Waals surface area contributed by atoms with Crippen molar-refractivity contribution >= 4 is 61.4 Å². The van der Waals surface area contributed by atoms with Crippen molar-refractivity contribution in [3.63, 3.8) is 0 Å². The number of nitrogens with one attached hydrogen (secondary N) is 1. The Morgan fingerprint density at radius 3 is 2.86 bits per heavy atom. The molecule has 0 saturated carbocycles. The zero-order valence-corrected chi connectivity index (χ0v) is 18.0. The summed E-state index contributed by atoms with van der Waals surface area (Å²) in [5, 5.41) is 17.4. The van der Waals surface area contributed by atoms with E-state index in [2.05, 4.69) is 33.0 Å². The van der Waals surface area contributed by atoms with Crippen LogP contribution < -0.4 is 5.32 Å². The van der Waals surface area contributed by atoms with Gasteiger partial charge < -0.3 is 14.6 Å². The molecule has 10 heteroatoms. The molecule has 3 aromatic heterocycles. The van der Waals surface area contributed by atoms with Crippen LogP contribution in [0.4, 0.5) is 5.00 Å². The maximum atomic E-state index is 12.3. The lowest BCUT2D eigenvalue weighted by Gasteiger charge is -2.06. The van der Waals surface area contributed by atoms with E-state index in [-0.39, 0.29) is 11.7 Å². The fraction of sp³-hybridized carbons (Fsp3) is 0.158. The Morgan fingerprint density at radius 1 is 1.21 bits per heavy atom. The Bertz CT molecular complexity index is 1190. The largest absolute Gasteiger partial charge is 0.465 e. The molecule has 0 saturated heterocycles.